The van der Waals surface area contributed by atoms with Crippen LogP contribution in [0.1, 0.15) is 26.7 Å². The van der Waals surface area contributed by atoms with E-state index in [9.17, 15) is 4.79 Å². The summed E-state index contributed by atoms with van der Waals surface area (Å²) in [5.41, 5.74) is 0.604. The average molecular weight is 260 g/mol. The molecule has 1 N–H and O–H groups in total. The van der Waals surface area contributed by atoms with Gasteiger partial charge >= 0.3 is 0 Å². The lowest BCUT2D eigenvalue weighted by molar-refractivity contribution is 0.487. The van der Waals surface area contributed by atoms with E-state index in [1.165, 1.54) is 4.68 Å². The summed E-state index contributed by atoms with van der Waals surface area (Å²) in [6.45, 7) is 5.84. The van der Waals surface area contributed by atoms with E-state index in [0.29, 0.717) is 23.5 Å². The molecule has 0 aliphatic rings. The van der Waals surface area contributed by atoms with Crippen molar-refractivity contribution < 1.29 is 0 Å². The van der Waals surface area contributed by atoms with Gasteiger partial charge in [0.15, 0.2) is 0 Å². The normalized spacial score (nSPS) is 11.3. The number of aryl methyl sites for hydroxylation is 1. The number of unbranched alkanes of at least 4 members (excludes halogenated alkanes) is 1. The molecule has 2 aromatic rings. The van der Waals surface area contributed by atoms with E-state index >= 15 is 0 Å². The maximum absolute atomic E-state index is 12.1. The molecule has 19 heavy (non-hydrogen) atoms. The minimum Gasteiger partial charge on any atom is -0.315 e. The number of benzene rings is 1. The van der Waals surface area contributed by atoms with Gasteiger partial charge < -0.3 is 5.32 Å². The first-order valence-corrected chi connectivity index (χ1v) is 6.74. The van der Waals surface area contributed by atoms with Crippen LogP contribution < -0.4 is 10.9 Å². The van der Waals surface area contributed by atoms with Gasteiger partial charge in [-0.2, -0.15) is 0 Å². The van der Waals surface area contributed by atoms with E-state index in [1.54, 1.807) is 12.1 Å². The average Bonchev–Trinajstić information content (AvgIpc) is 2.41. The van der Waals surface area contributed by atoms with Crippen molar-refractivity contribution in [2.45, 2.75) is 39.3 Å². The molecule has 0 fully saturated rings. The molecule has 0 bridgehead atoms. The lowest BCUT2D eigenvalue weighted by Crippen LogP contribution is -2.26. The predicted molar refractivity (Wildman–Crippen MR) is 76.2 cm³/mol. The SMILES string of the molecule is CC(C)NCCCCn1nnc2ccccc2c1=O. The molecule has 5 heteroatoms. The van der Waals surface area contributed by atoms with Gasteiger partial charge in [-0.05, 0) is 31.5 Å². The summed E-state index contributed by atoms with van der Waals surface area (Å²) in [7, 11) is 0. The number of hydrogen-bond acceptors (Lipinski definition) is 4. The Kier molecular flexibility index (Phi) is 4.63. The third kappa shape index (κ3) is 3.61. The lowest BCUT2D eigenvalue weighted by Gasteiger charge is -2.08. The Morgan fingerprint density at radius 3 is 2.84 bits per heavy atom. The smallest absolute Gasteiger partial charge is 0.277 e. The van der Waals surface area contributed by atoms with Crippen LogP contribution in [-0.2, 0) is 6.54 Å². The molecule has 1 aromatic carbocycles. The molecule has 1 heterocycles. The fourth-order valence-electron chi connectivity index (χ4n) is 1.95. The molecule has 0 aliphatic carbocycles. The van der Waals surface area contributed by atoms with Crippen LogP contribution in [0, 0.1) is 0 Å². The maximum atomic E-state index is 12.1. The topological polar surface area (TPSA) is 59.8 Å². The fourth-order valence-corrected chi connectivity index (χ4v) is 1.95. The molecule has 1 aromatic heterocycles. The monoisotopic (exact) mass is 260 g/mol. The van der Waals surface area contributed by atoms with Gasteiger partial charge in [0, 0.05) is 12.6 Å². The molecule has 0 amide bonds. The molecular formula is C14H20N4O. The predicted octanol–water partition coefficient (Wildman–Crippen LogP) is 1.57. The first kappa shape index (κ1) is 13.7. The van der Waals surface area contributed by atoms with Gasteiger partial charge in [-0.25, -0.2) is 4.68 Å². The minimum atomic E-state index is -0.0533. The van der Waals surface area contributed by atoms with Crippen molar-refractivity contribution >= 4 is 10.9 Å². The zero-order valence-electron chi connectivity index (χ0n) is 11.5. The van der Waals surface area contributed by atoms with Crippen LogP contribution in [0.15, 0.2) is 29.1 Å². The summed E-state index contributed by atoms with van der Waals surface area (Å²) in [6, 6.07) is 7.81. The molecule has 0 atom stereocenters. The molecular weight excluding hydrogens is 240 g/mol. The number of fused-ring (bicyclic) bond motifs is 1. The third-order valence-electron chi connectivity index (χ3n) is 2.98. The Morgan fingerprint density at radius 2 is 2.05 bits per heavy atom. The van der Waals surface area contributed by atoms with Crippen molar-refractivity contribution in [2.75, 3.05) is 6.54 Å². The Hall–Kier alpha value is -1.75. The zero-order valence-corrected chi connectivity index (χ0v) is 11.5. The molecule has 0 unspecified atom stereocenters. The zero-order chi connectivity index (χ0) is 13.7. The molecule has 0 saturated heterocycles. The second-order valence-corrected chi connectivity index (χ2v) is 4.95. The minimum absolute atomic E-state index is 0.0533. The summed E-state index contributed by atoms with van der Waals surface area (Å²) in [5.74, 6) is 0. The van der Waals surface area contributed by atoms with Gasteiger partial charge in [-0.1, -0.05) is 31.2 Å². The van der Waals surface area contributed by atoms with E-state index in [1.807, 2.05) is 12.1 Å². The van der Waals surface area contributed by atoms with Gasteiger partial charge in [0.1, 0.15) is 5.52 Å². The molecule has 0 saturated carbocycles. The van der Waals surface area contributed by atoms with E-state index in [2.05, 4.69) is 29.5 Å². The highest BCUT2D eigenvalue weighted by Gasteiger charge is 2.04. The first-order chi connectivity index (χ1) is 9.18. The Morgan fingerprint density at radius 1 is 1.26 bits per heavy atom. The summed E-state index contributed by atoms with van der Waals surface area (Å²) in [4.78, 5) is 12.1. The Labute approximate surface area is 112 Å². The van der Waals surface area contributed by atoms with Crippen LogP contribution in [0.5, 0.6) is 0 Å². The van der Waals surface area contributed by atoms with Crippen molar-refractivity contribution in [1.29, 1.82) is 0 Å². The number of aromatic nitrogens is 3. The van der Waals surface area contributed by atoms with Crippen molar-refractivity contribution in [3.05, 3.63) is 34.6 Å². The van der Waals surface area contributed by atoms with E-state index < -0.39 is 0 Å². The highest BCUT2D eigenvalue weighted by Crippen LogP contribution is 2.03. The summed E-state index contributed by atoms with van der Waals surface area (Å²) >= 11 is 0. The van der Waals surface area contributed by atoms with Crippen LogP contribution >= 0.6 is 0 Å². The second kappa shape index (κ2) is 6.43. The molecule has 0 radical (unpaired) electrons. The van der Waals surface area contributed by atoms with Crippen LogP contribution in [0.3, 0.4) is 0 Å². The molecule has 2 rings (SSSR count). The van der Waals surface area contributed by atoms with Gasteiger partial charge in [0.25, 0.3) is 5.56 Å². The molecule has 5 nitrogen and oxygen atoms in total. The summed E-state index contributed by atoms with van der Waals surface area (Å²) < 4.78 is 1.46. The number of rotatable bonds is 6. The van der Waals surface area contributed by atoms with Crippen molar-refractivity contribution in [3.8, 4) is 0 Å². The quantitative estimate of drug-likeness (QED) is 0.801. The van der Waals surface area contributed by atoms with E-state index in [0.717, 1.165) is 19.4 Å². The number of nitrogens with zero attached hydrogens (tertiary/aromatic N) is 3. The highest BCUT2D eigenvalue weighted by molar-refractivity contribution is 5.76. The van der Waals surface area contributed by atoms with Gasteiger partial charge in [0.05, 0.1) is 5.39 Å². The van der Waals surface area contributed by atoms with Crippen LogP contribution in [0.4, 0.5) is 0 Å². The van der Waals surface area contributed by atoms with Crippen LogP contribution in [0.2, 0.25) is 0 Å². The largest absolute Gasteiger partial charge is 0.315 e. The Bertz CT molecular complexity index is 591. The molecule has 0 aliphatic heterocycles. The van der Waals surface area contributed by atoms with Crippen molar-refractivity contribution in [1.82, 2.24) is 20.3 Å². The van der Waals surface area contributed by atoms with Crippen molar-refractivity contribution in [2.24, 2.45) is 0 Å². The third-order valence-corrected chi connectivity index (χ3v) is 2.98. The van der Waals surface area contributed by atoms with Crippen molar-refractivity contribution in [3.63, 3.8) is 0 Å². The highest BCUT2D eigenvalue weighted by atomic mass is 16.1. The van der Waals surface area contributed by atoms with Crippen LogP contribution in [-0.4, -0.2) is 27.6 Å². The molecule has 0 spiro atoms. The fraction of sp³-hybridized carbons (Fsp3) is 0.500. The van der Waals surface area contributed by atoms with Gasteiger partial charge in [-0.15, -0.1) is 5.10 Å². The van der Waals surface area contributed by atoms with Gasteiger partial charge in [0.2, 0.25) is 0 Å². The lowest BCUT2D eigenvalue weighted by atomic mass is 10.2. The van der Waals surface area contributed by atoms with E-state index in [-0.39, 0.29) is 5.56 Å². The van der Waals surface area contributed by atoms with Crippen LogP contribution in [0.25, 0.3) is 10.9 Å². The maximum Gasteiger partial charge on any atom is 0.277 e. The molecule has 102 valence electrons. The van der Waals surface area contributed by atoms with Gasteiger partial charge in [-0.3, -0.25) is 4.79 Å². The summed E-state index contributed by atoms with van der Waals surface area (Å²) in [5, 5.41) is 12.0. The van der Waals surface area contributed by atoms with E-state index in [4.69, 9.17) is 0 Å². The number of nitrogens with one attached hydrogen (secondary N) is 1. The first-order valence-electron chi connectivity index (χ1n) is 6.74. The summed E-state index contributed by atoms with van der Waals surface area (Å²) in [6.07, 6.45) is 1.95. The standard InChI is InChI=1S/C14H20N4O/c1-11(2)15-9-5-6-10-18-14(19)12-7-3-4-8-13(12)16-17-18/h3-4,7-8,11,15H,5-6,9-10H2,1-2H3. The number of hydrogen-bond donors (Lipinski definition) is 1. The second-order valence-electron chi connectivity index (χ2n) is 4.95. The Balaban J connectivity index is 1.98.